The Labute approximate surface area is 289 Å². The average Bonchev–Trinajstić information content (AvgIpc) is 3.12. The molecule has 0 spiro atoms. The number of benzene rings is 4. The van der Waals surface area contributed by atoms with E-state index in [1.54, 1.807) is 72.8 Å². The third-order valence-corrected chi connectivity index (χ3v) is 8.70. The Kier molecular flexibility index (Phi) is 10.9. The Bertz CT molecular complexity index is 1860. The molecule has 2 amide bonds. The number of rotatable bonds is 13. The Morgan fingerprint density at radius 2 is 1.16 bits per heavy atom. The Morgan fingerprint density at radius 1 is 0.660 bits per heavy atom. The number of fused-ring (bicyclic) bond motifs is 1. The van der Waals surface area contributed by atoms with Crippen molar-refractivity contribution in [2.24, 2.45) is 5.92 Å². The fraction of sp³-hybridized carbons (Fsp3) is 0.263. The van der Waals surface area contributed by atoms with E-state index in [0.717, 1.165) is 11.1 Å². The van der Waals surface area contributed by atoms with Crippen LogP contribution in [0.1, 0.15) is 33.7 Å². The molecule has 262 valence electrons. The maximum Gasteiger partial charge on any atom is 0.248 e. The third kappa shape index (κ3) is 7.34. The predicted octanol–water partition coefficient (Wildman–Crippen LogP) is 4.41. The molecule has 1 aliphatic rings. The lowest BCUT2D eigenvalue weighted by molar-refractivity contribution is -0.127. The summed E-state index contributed by atoms with van der Waals surface area (Å²) in [7, 11) is 5.53. The van der Waals surface area contributed by atoms with Crippen molar-refractivity contribution >= 4 is 17.9 Å². The highest BCUT2D eigenvalue weighted by molar-refractivity contribution is 6.06. The molecule has 50 heavy (non-hydrogen) atoms. The first kappa shape index (κ1) is 35.3. The van der Waals surface area contributed by atoms with Crippen molar-refractivity contribution in [3.63, 3.8) is 0 Å². The van der Waals surface area contributed by atoms with Crippen LogP contribution in [0, 0.1) is 5.92 Å². The molecule has 0 unspecified atom stereocenters. The van der Waals surface area contributed by atoms with E-state index in [1.807, 2.05) is 0 Å². The molecule has 6 N–H and O–H groups in total. The SMILES string of the molecule is COc1cc([C@@H]2c3c(cc(OC)c(O)c3OC)C=C(C(=O)NCCc3ccc(O)cc3)[C@H]2C(=O)NCCc2ccc(O)cc2)cc(OC)c1O. The second-order valence-electron chi connectivity index (χ2n) is 11.7. The molecule has 0 saturated heterocycles. The summed E-state index contributed by atoms with van der Waals surface area (Å²) in [5, 5.41) is 47.2. The van der Waals surface area contributed by atoms with Gasteiger partial charge in [-0.2, -0.15) is 0 Å². The molecule has 4 aromatic rings. The van der Waals surface area contributed by atoms with Gasteiger partial charge < -0.3 is 50.0 Å². The molecule has 0 fully saturated rings. The first-order valence-corrected chi connectivity index (χ1v) is 15.9. The monoisotopic (exact) mass is 684 g/mol. The number of methoxy groups -OCH3 is 4. The summed E-state index contributed by atoms with van der Waals surface area (Å²) in [4.78, 5) is 28.5. The van der Waals surface area contributed by atoms with Gasteiger partial charge in [0, 0.05) is 30.1 Å². The van der Waals surface area contributed by atoms with E-state index < -0.39 is 23.7 Å². The minimum atomic E-state index is -1.17. The van der Waals surface area contributed by atoms with E-state index in [0.29, 0.717) is 29.5 Å². The largest absolute Gasteiger partial charge is 0.508 e. The standard InChI is InChI=1S/C38H40N2O10/c1-47-28-19-24(20-29(48-2)34(28)43)31-32-23(18-30(49-3)35(44)36(32)50-4)17-27(37(45)39-15-13-21-5-9-25(41)10-6-21)33(31)38(46)40-16-14-22-7-11-26(42)12-8-22/h5-12,17-20,31,33,41-44H,13-16H2,1-4H3,(H,39,45)(H,40,46)/t31-,33-/m1/s1. The fourth-order valence-corrected chi connectivity index (χ4v) is 6.20. The van der Waals surface area contributed by atoms with Crippen molar-refractivity contribution in [1.82, 2.24) is 10.6 Å². The molecule has 5 rings (SSSR count). The van der Waals surface area contributed by atoms with Gasteiger partial charge in [0.05, 0.1) is 34.4 Å². The summed E-state index contributed by atoms with van der Waals surface area (Å²) in [6, 6.07) is 18.0. The minimum absolute atomic E-state index is 0.0419. The summed E-state index contributed by atoms with van der Waals surface area (Å²) in [5.41, 5.74) is 3.20. The first-order chi connectivity index (χ1) is 24.1. The molecule has 0 bridgehead atoms. The summed E-state index contributed by atoms with van der Waals surface area (Å²) >= 11 is 0. The zero-order chi connectivity index (χ0) is 35.9. The van der Waals surface area contributed by atoms with Crippen molar-refractivity contribution in [1.29, 1.82) is 0 Å². The lowest BCUT2D eigenvalue weighted by Gasteiger charge is -2.35. The quantitative estimate of drug-likeness (QED) is 0.118. The van der Waals surface area contributed by atoms with Gasteiger partial charge in [-0.1, -0.05) is 24.3 Å². The number of hydrogen-bond donors (Lipinski definition) is 6. The van der Waals surface area contributed by atoms with Gasteiger partial charge in [-0.05, 0) is 83.6 Å². The van der Waals surface area contributed by atoms with Gasteiger partial charge in [-0.3, -0.25) is 9.59 Å². The van der Waals surface area contributed by atoms with Gasteiger partial charge in [0.25, 0.3) is 0 Å². The van der Waals surface area contributed by atoms with Crippen LogP contribution in [-0.4, -0.2) is 73.8 Å². The summed E-state index contributed by atoms with van der Waals surface area (Å²) < 4.78 is 22.1. The van der Waals surface area contributed by atoms with E-state index in [2.05, 4.69) is 10.6 Å². The Morgan fingerprint density at radius 3 is 1.66 bits per heavy atom. The van der Waals surface area contributed by atoms with Crippen LogP contribution in [0.25, 0.3) is 6.08 Å². The van der Waals surface area contributed by atoms with Gasteiger partial charge >= 0.3 is 0 Å². The minimum Gasteiger partial charge on any atom is -0.508 e. The molecule has 1 aliphatic carbocycles. The van der Waals surface area contributed by atoms with Crippen LogP contribution in [0.5, 0.6) is 46.0 Å². The lowest BCUT2D eigenvalue weighted by Crippen LogP contribution is -2.42. The second kappa shape index (κ2) is 15.5. The number of amides is 2. The van der Waals surface area contributed by atoms with Gasteiger partial charge in [-0.15, -0.1) is 0 Å². The number of carbonyl (C=O) groups excluding carboxylic acids is 2. The highest BCUT2D eigenvalue weighted by Gasteiger charge is 2.44. The maximum absolute atomic E-state index is 14.4. The van der Waals surface area contributed by atoms with Gasteiger partial charge in [-0.25, -0.2) is 0 Å². The zero-order valence-corrected chi connectivity index (χ0v) is 28.1. The molecular weight excluding hydrogens is 644 g/mol. The van der Waals surface area contributed by atoms with Gasteiger partial charge in [0.1, 0.15) is 11.5 Å². The summed E-state index contributed by atoms with van der Waals surface area (Å²) in [5.74, 6) is -3.12. The molecule has 12 heteroatoms. The van der Waals surface area contributed by atoms with Crippen molar-refractivity contribution in [2.75, 3.05) is 41.5 Å². The smallest absolute Gasteiger partial charge is 0.248 e. The van der Waals surface area contributed by atoms with E-state index in [9.17, 15) is 30.0 Å². The van der Waals surface area contributed by atoms with Crippen LogP contribution in [-0.2, 0) is 22.4 Å². The number of phenols is 4. The molecule has 0 radical (unpaired) electrons. The number of phenolic OH excluding ortho intramolecular Hbond substituents is 4. The molecule has 0 aliphatic heterocycles. The summed E-state index contributed by atoms with van der Waals surface area (Å²) in [6.07, 6.45) is 2.50. The average molecular weight is 685 g/mol. The predicted molar refractivity (Wildman–Crippen MR) is 185 cm³/mol. The van der Waals surface area contributed by atoms with E-state index in [4.69, 9.17) is 18.9 Å². The van der Waals surface area contributed by atoms with Crippen LogP contribution in [0.15, 0.2) is 72.3 Å². The van der Waals surface area contributed by atoms with Gasteiger partial charge in [0.2, 0.25) is 23.3 Å². The zero-order valence-electron chi connectivity index (χ0n) is 28.1. The highest BCUT2D eigenvalue weighted by Crippen LogP contribution is 2.54. The van der Waals surface area contributed by atoms with Crippen LogP contribution >= 0.6 is 0 Å². The fourth-order valence-electron chi connectivity index (χ4n) is 6.20. The van der Waals surface area contributed by atoms with Crippen molar-refractivity contribution in [3.8, 4) is 46.0 Å². The number of ether oxygens (including phenoxy) is 4. The van der Waals surface area contributed by atoms with E-state index in [-0.39, 0.29) is 64.7 Å². The van der Waals surface area contributed by atoms with E-state index >= 15 is 0 Å². The maximum atomic E-state index is 14.4. The highest BCUT2D eigenvalue weighted by atomic mass is 16.5. The van der Waals surface area contributed by atoms with Crippen molar-refractivity contribution in [2.45, 2.75) is 18.8 Å². The Hall–Kier alpha value is -6.04. The molecule has 0 heterocycles. The molecule has 4 aromatic carbocycles. The number of aromatic hydroxyl groups is 4. The van der Waals surface area contributed by atoms with Crippen LogP contribution in [0.2, 0.25) is 0 Å². The molecular formula is C38H40N2O10. The number of nitrogens with one attached hydrogen (secondary N) is 2. The molecule has 0 saturated carbocycles. The van der Waals surface area contributed by atoms with Crippen molar-refractivity contribution < 1.29 is 49.0 Å². The lowest BCUT2D eigenvalue weighted by atomic mass is 9.70. The normalized spacial score (nSPS) is 14.9. The summed E-state index contributed by atoms with van der Waals surface area (Å²) in [6.45, 7) is 0.444. The van der Waals surface area contributed by atoms with Crippen LogP contribution in [0.3, 0.4) is 0 Å². The van der Waals surface area contributed by atoms with E-state index in [1.165, 1.54) is 28.4 Å². The van der Waals surface area contributed by atoms with Crippen LogP contribution < -0.4 is 29.6 Å². The Balaban J connectivity index is 1.62. The number of carbonyl (C=O) groups is 2. The molecule has 0 aromatic heterocycles. The third-order valence-electron chi connectivity index (χ3n) is 8.70. The molecule has 12 nitrogen and oxygen atoms in total. The van der Waals surface area contributed by atoms with Crippen LogP contribution in [0.4, 0.5) is 0 Å². The topological polar surface area (TPSA) is 176 Å². The molecule has 2 atom stereocenters. The van der Waals surface area contributed by atoms with Crippen molar-refractivity contribution in [3.05, 3.63) is 100 Å². The first-order valence-electron chi connectivity index (χ1n) is 15.9. The second-order valence-corrected chi connectivity index (χ2v) is 11.7. The number of hydrogen-bond acceptors (Lipinski definition) is 10. The van der Waals surface area contributed by atoms with Gasteiger partial charge in [0.15, 0.2) is 23.0 Å².